The summed E-state index contributed by atoms with van der Waals surface area (Å²) >= 11 is 0. The topological polar surface area (TPSA) is 72.9 Å². The first kappa shape index (κ1) is 16.9. The molecule has 128 valence electrons. The Balaban J connectivity index is 1.55. The summed E-state index contributed by atoms with van der Waals surface area (Å²) in [6, 6.07) is 13.5. The minimum absolute atomic E-state index is 0.0276. The van der Waals surface area contributed by atoms with Crippen molar-refractivity contribution in [1.82, 2.24) is 4.90 Å². The number of fused-ring (bicyclic) bond motifs is 1. The Morgan fingerprint density at radius 3 is 2.12 bits per heavy atom. The van der Waals surface area contributed by atoms with Crippen molar-refractivity contribution in [2.45, 2.75) is 6.61 Å². The minimum atomic E-state index is -0.499. The number of carbonyl (C=O) groups excluding carboxylic acids is 3. The van der Waals surface area contributed by atoms with Gasteiger partial charge in [-0.1, -0.05) is 24.3 Å². The van der Waals surface area contributed by atoms with Crippen molar-refractivity contribution >= 4 is 17.8 Å². The maximum absolute atomic E-state index is 12.2. The lowest BCUT2D eigenvalue weighted by molar-refractivity contribution is 0.0420. The second-order valence-electron chi connectivity index (χ2n) is 5.57. The molecule has 1 heterocycles. The van der Waals surface area contributed by atoms with E-state index in [1.807, 2.05) is 0 Å². The highest BCUT2D eigenvalue weighted by atomic mass is 16.5. The van der Waals surface area contributed by atoms with Crippen LogP contribution >= 0.6 is 0 Å². The molecule has 1 aliphatic rings. The molecule has 2 amide bonds. The number of hydrogen-bond donors (Lipinski definition) is 0. The van der Waals surface area contributed by atoms with Gasteiger partial charge in [-0.2, -0.15) is 0 Å². The van der Waals surface area contributed by atoms with Crippen LogP contribution < -0.4 is 0 Å². The molecule has 0 saturated carbocycles. The van der Waals surface area contributed by atoms with Crippen LogP contribution in [0.25, 0.3) is 0 Å². The van der Waals surface area contributed by atoms with E-state index in [1.165, 1.54) is 0 Å². The zero-order valence-electron chi connectivity index (χ0n) is 13.7. The number of benzene rings is 2. The van der Waals surface area contributed by atoms with Gasteiger partial charge in [0.05, 0.1) is 29.8 Å². The van der Waals surface area contributed by atoms with Crippen LogP contribution in [0.15, 0.2) is 48.5 Å². The summed E-state index contributed by atoms with van der Waals surface area (Å²) in [7, 11) is 1.60. The third kappa shape index (κ3) is 3.44. The number of amides is 2. The Morgan fingerprint density at radius 1 is 0.960 bits per heavy atom. The van der Waals surface area contributed by atoms with Crippen molar-refractivity contribution < 1.29 is 23.9 Å². The third-order valence-corrected chi connectivity index (χ3v) is 3.93. The van der Waals surface area contributed by atoms with Crippen LogP contribution in [0.3, 0.4) is 0 Å². The molecule has 0 atom stereocenters. The standard InChI is InChI=1S/C19H17NO5/c1-24-12-13-6-8-14(9-7-13)19(23)25-11-10-20-17(21)15-4-2-3-5-16(15)18(20)22/h2-9H,10-12H2,1H3. The van der Waals surface area contributed by atoms with Crippen LogP contribution in [0.2, 0.25) is 0 Å². The number of esters is 1. The van der Waals surface area contributed by atoms with E-state index in [0.717, 1.165) is 10.5 Å². The maximum Gasteiger partial charge on any atom is 0.338 e. The molecule has 3 rings (SSSR count). The average Bonchev–Trinajstić information content (AvgIpc) is 2.88. The first-order valence-corrected chi connectivity index (χ1v) is 7.82. The quantitative estimate of drug-likeness (QED) is 0.596. The van der Waals surface area contributed by atoms with Crippen molar-refractivity contribution in [2.24, 2.45) is 0 Å². The van der Waals surface area contributed by atoms with Gasteiger partial charge in [-0.3, -0.25) is 14.5 Å². The summed E-state index contributed by atoms with van der Waals surface area (Å²) in [5, 5.41) is 0. The maximum atomic E-state index is 12.2. The smallest absolute Gasteiger partial charge is 0.338 e. The average molecular weight is 339 g/mol. The Bertz CT molecular complexity index is 778. The fourth-order valence-corrected chi connectivity index (χ4v) is 2.66. The number of ether oxygens (including phenoxy) is 2. The van der Waals surface area contributed by atoms with Gasteiger partial charge < -0.3 is 9.47 Å². The first-order chi connectivity index (χ1) is 12.1. The van der Waals surface area contributed by atoms with Crippen LogP contribution in [-0.4, -0.2) is 42.9 Å². The second kappa shape index (κ2) is 7.27. The number of nitrogens with zero attached hydrogens (tertiary/aromatic N) is 1. The Morgan fingerprint density at radius 2 is 1.56 bits per heavy atom. The second-order valence-corrected chi connectivity index (χ2v) is 5.57. The number of rotatable bonds is 6. The fourth-order valence-electron chi connectivity index (χ4n) is 2.66. The molecule has 0 saturated heterocycles. The number of hydrogen-bond acceptors (Lipinski definition) is 5. The molecule has 0 aromatic heterocycles. The molecule has 6 heteroatoms. The summed E-state index contributed by atoms with van der Waals surface area (Å²) in [4.78, 5) is 37.5. The van der Waals surface area contributed by atoms with Crippen LogP contribution in [0.4, 0.5) is 0 Å². The fraction of sp³-hybridized carbons (Fsp3) is 0.211. The molecule has 0 unspecified atom stereocenters. The summed E-state index contributed by atoms with van der Waals surface area (Å²) in [6.45, 7) is 0.443. The molecule has 0 N–H and O–H groups in total. The molecule has 2 aromatic carbocycles. The highest BCUT2D eigenvalue weighted by Gasteiger charge is 2.34. The van der Waals surface area contributed by atoms with E-state index >= 15 is 0 Å². The molecule has 25 heavy (non-hydrogen) atoms. The lowest BCUT2D eigenvalue weighted by Crippen LogP contribution is -2.33. The van der Waals surface area contributed by atoms with Gasteiger partial charge in [0.2, 0.25) is 0 Å². The predicted octanol–water partition coefficient (Wildman–Crippen LogP) is 2.29. The number of methoxy groups -OCH3 is 1. The highest BCUT2D eigenvalue weighted by molar-refractivity contribution is 6.21. The van der Waals surface area contributed by atoms with Gasteiger partial charge >= 0.3 is 5.97 Å². The Labute approximate surface area is 145 Å². The van der Waals surface area contributed by atoms with Crippen LogP contribution in [-0.2, 0) is 16.1 Å². The SMILES string of the molecule is COCc1ccc(C(=O)OCCN2C(=O)c3ccccc3C2=O)cc1. The molecular formula is C19H17NO5. The molecule has 6 nitrogen and oxygen atoms in total. The molecule has 0 fully saturated rings. The van der Waals surface area contributed by atoms with Crippen molar-refractivity contribution in [3.05, 3.63) is 70.8 Å². The van der Waals surface area contributed by atoms with Gasteiger partial charge in [0.1, 0.15) is 6.61 Å². The summed E-state index contributed by atoms with van der Waals surface area (Å²) < 4.78 is 10.2. The summed E-state index contributed by atoms with van der Waals surface area (Å²) in [5.41, 5.74) is 2.12. The summed E-state index contributed by atoms with van der Waals surface area (Å²) in [6.07, 6.45) is 0. The van der Waals surface area contributed by atoms with Gasteiger partial charge in [-0.15, -0.1) is 0 Å². The lowest BCUT2D eigenvalue weighted by Gasteiger charge is -2.13. The van der Waals surface area contributed by atoms with Crippen molar-refractivity contribution in [3.63, 3.8) is 0 Å². The van der Waals surface area contributed by atoms with Crippen molar-refractivity contribution in [3.8, 4) is 0 Å². The highest BCUT2D eigenvalue weighted by Crippen LogP contribution is 2.22. The van der Waals surface area contributed by atoms with Crippen LogP contribution in [0, 0.1) is 0 Å². The van der Waals surface area contributed by atoms with Crippen molar-refractivity contribution in [1.29, 1.82) is 0 Å². The summed E-state index contributed by atoms with van der Waals surface area (Å²) in [5.74, 6) is -1.22. The number of carbonyl (C=O) groups is 3. The zero-order valence-corrected chi connectivity index (χ0v) is 13.7. The third-order valence-electron chi connectivity index (χ3n) is 3.93. The Kier molecular flexibility index (Phi) is 4.90. The van der Waals surface area contributed by atoms with Crippen molar-refractivity contribution in [2.75, 3.05) is 20.3 Å². The van der Waals surface area contributed by atoms with E-state index in [4.69, 9.17) is 9.47 Å². The Hall–Kier alpha value is -2.99. The molecule has 0 bridgehead atoms. The molecule has 2 aromatic rings. The first-order valence-electron chi connectivity index (χ1n) is 7.82. The van der Waals surface area contributed by atoms with Gasteiger partial charge in [0.15, 0.2) is 0 Å². The van der Waals surface area contributed by atoms with Gasteiger partial charge in [-0.05, 0) is 29.8 Å². The molecule has 0 spiro atoms. The van der Waals surface area contributed by atoms with E-state index < -0.39 is 5.97 Å². The lowest BCUT2D eigenvalue weighted by atomic mass is 10.1. The van der Waals surface area contributed by atoms with Crippen LogP contribution in [0.1, 0.15) is 36.6 Å². The zero-order chi connectivity index (χ0) is 17.8. The van der Waals surface area contributed by atoms with E-state index in [2.05, 4.69) is 0 Å². The molecular weight excluding hydrogens is 322 g/mol. The van der Waals surface area contributed by atoms with Gasteiger partial charge in [-0.25, -0.2) is 4.79 Å². The minimum Gasteiger partial charge on any atom is -0.460 e. The van der Waals surface area contributed by atoms with Crippen LogP contribution in [0.5, 0.6) is 0 Å². The normalized spacial score (nSPS) is 13.1. The van der Waals surface area contributed by atoms with E-state index in [0.29, 0.717) is 23.3 Å². The molecule has 0 aliphatic carbocycles. The van der Waals surface area contributed by atoms with E-state index in [1.54, 1.807) is 55.6 Å². The van der Waals surface area contributed by atoms with E-state index in [9.17, 15) is 14.4 Å². The monoisotopic (exact) mass is 339 g/mol. The predicted molar refractivity (Wildman–Crippen MR) is 89.2 cm³/mol. The molecule has 1 aliphatic heterocycles. The number of imide groups is 1. The molecule has 0 radical (unpaired) electrons. The van der Waals surface area contributed by atoms with E-state index in [-0.39, 0.29) is 25.0 Å². The van der Waals surface area contributed by atoms with Gasteiger partial charge in [0.25, 0.3) is 11.8 Å². The largest absolute Gasteiger partial charge is 0.460 e. The van der Waals surface area contributed by atoms with Gasteiger partial charge in [0, 0.05) is 7.11 Å².